The summed E-state index contributed by atoms with van der Waals surface area (Å²) in [6.07, 6.45) is 2.40. The minimum atomic E-state index is -0.215. The van der Waals surface area contributed by atoms with Gasteiger partial charge in [-0.15, -0.1) is 0 Å². The minimum Gasteiger partial charge on any atom is -0.469 e. The van der Waals surface area contributed by atoms with Crippen molar-refractivity contribution in [2.24, 2.45) is 4.99 Å². The molecule has 0 aromatic carbocycles. The summed E-state index contributed by atoms with van der Waals surface area (Å²) in [5.74, 6) is 1.53. The summed E-state index contributed by atoms with van der Waals surface area (Å²) in [5, 5.41) is 6.18. The Balaban J connectivity index is 3.83. The van der Waals surface area contributed by atoms with Crippen LogP contribution in [0.1, 0.15) is 13.3 Å². The normalized spacial score (nSPS) is 11.1. The van der Waals surface area contributed by atoms with Crippen LogP contribution in [0.3, 0.4) is 0 Å². The maximum atomic E-state index is 10.9. The predicted octanol–water partition coefficient (Wildman–Crippen LogP) is 0.468. The summed E-state index contributed by atoms with van der Waals surface area (Å²) >= 11 is 1.76. The lowest BCUT2D eigenvalue weighted by molar-refractivity contribution is -0.140. The Kier molecular flexibility index (Phi) is 10.00. The molecule has 0 spiro atoms. The molecule has 16 heavy (non-hydrogen) atoms. The number of nitrogens with one attached hydrogen (secondary N) is 2. The highest BCUT2D eigenvalue weighted by Crippen LogP contribution is 1.90. The topological polar surface area (TPSA) is 62.7 Å². The number of nitrogens with zero attached hydrogens (tertiary/aromatic N) is 1. The van der Waals surface area contributed by atoms with Crippen molar-refractivity contribution in [2.45, 2.75) is 13.3 Å². The second-order valence-corrected chi connectivity index (χ2v) is 3.99. The molecule has 6 heteroatoms. The Labute approximate surface area is 101 Å². The molecule has 0 amide bonds. The average molecular weight is 247 g/mol. The standard InChI is InChI=1S/C10H21N3O2S/c1-4-11-10(13-7-8-16-3)12-6-5-9(14)15-2/h4-8H2,1-3H3,(H2,11,12,13). The maximum absolute atomic E-state index is 10.9. The number of hydrogen-bond acceptors (Lipinski definition) is 4. The molecule has 0 unspecified atom stereocenters. The van der Waals surface area contributed by atoms with Crippen LogP contribution in [0.25, 0.3) is 0 Å². The van der Waals surface area contributed by atoms with Crippen LogP contribution in [0.4, 0.5) is 0 Å². The Morgan fingerprint density at radius 1 is 1.44 bits per heavy atom. The first-order valence-electron chi connectivity index (χ1n) is 5.32. The highest BCUT2D eigenvalue weighted by molar-refractivity contribution is 7.98. The first-order valence-corrected chi connectivity index (χ1v) is 6.71. The molecule has 94 valence electrons. The smallest absolute Gasteiger partial charge is 0.307 e. The molecule has 0 radical (unpaired) electrons. The Morgan fingerprint density at radius 3 is 2.75 bits per heavy atom. The van der Waals surface area contributed by atoms with Crippen molar-refractivity contribution in [3.05, 3.63) is 0 Å². The van der Waals surface area contributed by atoms with Crippen LogP contribution < -0.4 is 10.6 Å². The molecular formula is C10H21N3O2S. The first kappa shape index (κ1) is 15.1. The number of rotatable bonds is 7. The first-order chi connectivity index (χ1) is 7.74. The number of esters is 1. The molecule has 2 N–H and O–H groups in total. The van der Waals surface area contributed by atoms with Gasteiger partial charge in [0.25, 0.3) is 0 Å². The average Bonchev–Trinajstić information content (AvgIpc) is 2.29. The molecule has 0 saturated carbocycles. The van der Waals surface area contributed by atoms with E-state index in [0.29, 0.717) is 13.0 Å². The molecule has 0 aliphatic carbocycles. The molecule has 0 aromatic heterocycles. The van der Waals surface area contributed by atoms with E-state index in [1.165, 1.54) is 7.11 Å². The Morgan fingerprint density at radius 2 is 2.19 bits per heavy atom. The third-order valence-corrected chi connectivity index (χ3v) is 2.35. The number of hydrogen-bond donors (Lipinski definition) is 2. The van der Waals surface area contributed by atoms with Crippen LogP contribution >= 0.6 is 11.8 Å². The van der Waals surface area contributed by atoms with E-state index in [-0.39, 0.29) is 5.97 Å². The van der Waals surface area contributed by atoms with Crippen molar-refractivity contribution in [1.82, 2.24) is 10.6 Å². The predicted molar refractivity (Wildman–Crippen MR) is 69.0 cm³/mol. The second-order valence-electron chi connectivity index (χ2n) is 3.01. The number of carbonyl (C=O) groups excluding carboxylic acids is 1. The maximum Gasteiger partial charge on any atom is 0.307 e. The van der Waals surface area contributed by atoms with E-state index in [2.05, 4.69) is 20.4 Å². The molecular weight excluding hydrogens is 226 g/mol. The van der Waals surface area contributed by atoms with Gasteiger partial charge in [0, 0.05) is 18.8 Å². The van der Waals surface area contributed by atoms with Crippen molar-refractivity contribution in [2.75, 3.05) is 38.8 Å². The molecule has 0 aliphatic heterocycles. The van der Waals surface area contributed by atoms with Gasteiger partial charge in [0.2, 0.25) is 0 Å². The minimum absolute atomic E-state index is 0.215. The molecule has 0 aromatic rings. The molecule has 0 aliphatic rings. The van der Waals surface area contributed by atoms with Crippen molar-refractivity contribution < 1.29 is 9.53 Å². The zero-order valence-corrected chi connectivity index (χ0v) is 11.0. The number of methoxy groups -OCH3 is 1. The number of guanidine groups is 1. The summed E-state index contributed by atoms with van der Waals surface area (Å²) in [6, 6.07) is 0. The molecule has 0 saturated heterocycles. The van der Waals surface area contributed by atoms with Gasteiger partial charge in [-0.3, -0.25) is 9.79 Å². The van der Waals surface area contributed by atoms with Crippen LogP contribution in [0, 0.1) is 0 Å². The number of carbonyl (C=O) groups is 1. The van der Waals surface area contributed by atoms with E-state index in [4.69, 9.17) is 0 Å². The molecule has 0 bridgehead atoms. The van der Waals surface area contributed by atoms with Crippen molar-refractivity contribution >= 4 is 23.7 Å². The van der Waals surface area contributed by atoms with Gasteiger partial charge in [0.05, 0.1) is 20.1 Å². The zero-order valence-electron chi connectivity index (χ0n) is 10.2. The van der Waals surface area contributed by atoms with Crippen molar-refractivity contribution in [3.63, 3.8) is 0 Å². The van der Waals surface area contributed by atoms with Crippen LogP contribution in [0.2, 0.25) is 0 Å². The SMILES string of the molecule is CCNC(=NCCSC)NCCC(=O)OC. The third kappa shape index (κ3) is 8.40. The fourth-order valence-electron chi connectivity index (χ4n) is 0.976. The van der Waals surface area contributed by atoms with Gasteiger partial charge < -0.3 is 15.4 Å². The van der Waals surface area contributed by atoms with Gasteiger partial charge >= 0.3 is 5.97 Å². The number of thioether (sulfide) groups is 1. The van der Waals surface area contributed by atoms with Crippen molar-refractivity contribution in [1.29, 1.82) is 0 Å². The van der Waals surface area contributed by atoms with Crippen LogP contribution in [-0.4, -0.2) is 50.7 Å². The second kappa shape index (κ2) is 10.6. The molecule has 0 rings (SSSR count). The van der Waals surface area contributed by atoms with Gasteiger partial charge in [-0.25, -0.2) is 0 Å². The monoisotopic (exact) mass is 247 g/mol. The largest absolute Gasteiger partial charge is 0.469 e. The quantitative estimate of drug-likeness (QED) is 0.296. The van der Waals surface area contributed by atoms with E-state index in [1.54, 1.807) is 11.8 Å². The summed E-state index contributed by atoms with van der Waals surface area (Å²) in [6.45, 7) is 4.13. The van der Waals surface area contributed by atoms with Gasteiger partial charge in [0.15, 0.2) is 5.96 Å². The van der Waals surface area contributed by atoms with E-state index < -0.39 is 0 Å². The van der Waals surface area contributed by atoms with Gasteiger partial charge in [-0.05, 0) is 13.2 Å². The molecule has 5 nitrogen and oxygen atoms in total. The van der Waals surface area contributed by atoms with Crippen LogP contribution in [0.15, 0.2) is 4.99 Å². The lowest BCUT2D eigenvalue weighted by Gasteiger charge is -2.10. The summed E-state index contributed by atoms with van der Waals surface area (Å²) in [5.41, 5.74) is 0. The van der Waals surface area contributed by atoms with E-state index >= 15 is 0 Å². The van der Waals surface area contributed by atoms with E-state index in [0.717, 1.165) is 24.8 Å². The van der Waals surface area contributed by atoms with Crippen LogP contribution in [0.5, 0.6) is 0 Å². The molecule has 0 fully saturated rings. The highest BCUT2D eigenvalue weighted by atomic mass is 32.2. The lowest BCUT2D eigenvalue weighted by Crippen LogP contribution is -2.38. The fourth-order valence-corrected chi connectivity index (χ4v) is 1.25. The van der Waals surface area contributed by atoms with E-state index in [1.807, 2.05) is 13.2 Å². The summed E-state index contributed by atoms with van der Waals surface area (Å²) in [7, 11) is 1.39. The Bertz CT molecular complexity index is 222. The van der Waals surface area contributed by atoms with E-state index in [9.17, 15) is 4.79 Å². The number of ether oxygens (including phenoxy) is 1. The highest BCUT2D eigenvalue weighted by Gasteiger charge is 2.01. The number of aliphatic imine (C=N–C) groups is 1. The summed E-state index contributed by atoms with van der Waals surface area (Å²) in [4.78, 5) is 15.2. The molecule has 0 atom stereocenters. The fraction of sp³-hybridized carbons (Fsp3) is 0.800. The summed E-state index contributed by atoms with van der Waals surface area (Å²) < 4.78 is 4.55. The molecule has 0 heterocycles. The van der Waals surface area contributed by atoms with Crippen LogP contribution in [-0.2, 0) is 9.53 Å². The Hall–Kier alpha value is -0.910. The van der Waals surface area contributed by atoms with Crippen molar-refractivity contribution in [3.8, 4) is 0 Å². The lowest BCUT2D eigenvalue weighted by atomic mass is 10.4. The van der Waals surface area contributed by atoms with Gasteiger partial charge in [-0.2, -0.15) is 11.8 Å². The van der Waals surface area contributed by atoms with Gasteiger partial charge in [0.1, 0.15) is 0 Å². The third-order valence-electron chi connectivity index (χ3n) is 1.76. The zero-order chi connectivity index (χ0) is 12.2. The van der Waals surface area contributed by atoms with Gasteiger partial charge in [-0.1, -0.05) is 0 Å².